The molecule has 0 bridgehead atoms. The van der Waals surface area contributed by atoms with Crippen molar-refractivity contribution in [2.75, 3.05) is 13.1 Å². The Bertz CT molecular complexity index is 456. The fraction of sp³-hybridized carbons (Fsp3) is 0.385. The minimum atomic E-state index is -0.414. The van der Waals surface area contributed by atoms with Gasteiger partial charge in [0.1, 0.15) is 11.8 Å². The summed E-state index contributed by atoms with van der Waals surface area (Å²) in [5.41, 5.74) is 0.830. The fourth-order valence-corrected chi connectivity index (χ4v) is 2.01. The molecule has 0 spiro atoms. The number of nitrogens with zero attached hydrogens (tertiary/aromatic N) is 1. The standard InChI is InChI=1S/C13H16N2O3/c1-9-13(18)14-6-7-15(9)12(17)8-10-2-4-11(16)5-3-10/h2-5,9,16H,6-8H2,1H3,(H,14,18). The Morgan fingerprint density at radius 2 is 2.11 bits per heavy atom. The number of aromatic hydroxyl groups is 1. The molecule has 0 radical (unpaired) electrons. The van der Waals surface area contributed by atoms with E-state index >= 15 is 0 Å². The lowest BCUT2D eigenvalue weighted by Gasteiger charge is -2.32. The van der Waals surface area contributed by atoms with Gasteiger partial charge in [-0.25, -0.2) is 0 Å². The monoisotopic (exact) mass is 248 g/mol. The molecule has 5 nitrogen and oxygen atoms in total. The van der Waals surface area contributed by atoms with E-state index in [0.717, 1.165) is 5.56 Å². The molecule has 0 saturated carbocycles. The lowest BCUT2D eigenvalue weighted by atomic mass is 10.1. The van der Waals surface area contributed by atoms with Crippen molar-refractivity contribution in [3.63, 3.8) is 0 Å². The summed E-state index contributed by atoms with van der Waals surface area (Å²) in [4.78, 5) is 25.1. The zero-order valence-electron chi connectivity index (χ0n) is 10.2. The Labute approximate surface area is 105 Å². The largest absolute Gasteiger partial charge is 0.508 e. The third-order valence-electron chi connectivity index (χ3n) is 3.11. The molecule has 2 amide bonds. The number of phenols is 1. The Morgan fingerprint density at radius 3 is 2.78 bits per heavy atom. The number of carbonyl (C=O) groups is 2. The molecule has 1 aromatic rings. The molecular formula is C13H16N2O3. The van der Waals surface area contributed by atoms with E-state index < -0.39 is 6.04 Å². The van der Waals surface area contributed by atoms with Gasteiger partial charge in [-0.3, -0.25) is 9.59 Å². The van der Waals surface area contributed by atoms with Gasteiger partial charge in [-0.1, -0.05) is 12.1 Å². The van der Waals surface area contributed by atoms with Gasteiger partial charge < -0.3 is 15.3 Å². The average Bonchev–Trinajstić information content (AvgIpc) is 2.35. The fourth-order valence-electron chi connectivity index (χ4n) is 2.01. The highest BCUT2D eigenvalue weighted by Gasteiger charge is 2.28. The minimum Gasteiger partial charge on any atom is -0.508 e. The Kier molecular flexibility index (Phi) is 3.50. The zero-order valence-corrected chi connectivity index (χ0v) is 10.2. The minimum absolute atomic E-state index is 0.0666. The van der Waals surface area contributed by atoms with Gasteiger partial charge in [-0.05, 0) is 24.6 Å². The molecule has 0 aliphatic carbocycles. The smallest absolute Gasteiger partial charge is 0.242 e. The van der Waals surface area contributed by atoms with Gasteiger partial charge in [0, 0.05) is 13.1 Å². The Morgan fingerprint density at radius 1 is 1.44 bits per heavy atom. The van der Waals surface area contributed by atoms with Crippen molar-refractivity contribution in [2.24, 2.45) is 0 Å². The highest BCUT2D eigenvalue weighted by atomic mass is 16.3. The summed E-state index contributed by atoms with van der Waals surface area (Å²) in [6.07, 6.45) is 0.248. The highest BCUT2D eigenvalue weighted by molar-refractivity contribution is 5.89. The van der Waals surface area contributed by atoms with Gasteiger partial charge in [0.05, 0.1) is 6.42 Å². The van der Waals surface area contributed by atoms with Crippen LogP contribution in [0.5, 0.6) is 5.75 Å². The van der Waals surface area contributed by atoms with E-state index in [2.05, 4.69) is 5.32 Å². The maximum Gasteiger partial charge on any atom is 0.242 e. The molecule has 18 heavy (non-hydrogen) atoms. The van der Waals surface area contributed by atoms with Gasteiger partial charge in [0.15, 0.2) is 0 Å². The van der Waals surface area contributed by atoms with Crippen LogP contribution < -0.4 is 5.32 Å². The van der Waals surface area contributed by atoms with Crippen molar-refractivity contribution in [1.82, 2.24) is 10.2 Å². The third kappa shape index (κ3) is 2.61. The van der Waals surface area contributed by atoms with Gasteiger partial charge in [0.25, 0.3) is 0 Å². The number of piperazine rings is 1. The predicted octanol–water partition coefficient (Wildman–Crippen LogP) is 0.282. The molecular weight excluding hydrogens is 232 g/mol. The van der Waals surface area contributed by atoms with Crippen molar-refractivity contribution in [3.8, 4) is 5.75 Å². The summed E-state index contributed by atoms with van der Waals surface area (Å²) in [5, 5.41) is 11.9. The maximum absolute atomic E-state index is 12.1. The number of amides is 2. The van der Waals surface area contributed by atoms with Crippen LogP contribution in [0.25, 0.3) is 0 Å². The molecule has 1 aliphatic heterocycles. The van der Waals surface area contributed by atoms with Crippen molar-refractivity contribution < 1.29 is 14.7 Å². The van der Waals surface area contributed by atoms with E-state index in [-0.39, 0.29) is 24.0 Å². The Hall–Kier alpha value is -2.04. The summed E-state index contributed by atoms with van der Waals surface area (Å²) >= 11 is 0. The van der Waals surface area contributed by atoms with Crippen LogP contribution in [0, 0.1) is 0 Å². The number of hydrogen-bond acceptors (Lipinski definition) is 3. The van der Waals surface area contributed by atoms with Crippen LogP contribution in [0.4, 0.5) is 0 Å². The van der Waals surface area contributed by atoms with E-state index in [4.69, 9.17) is 5.11 Å². The number of carbonyl (C=O) groups excluding carboxylic acids is 2. The second-order valence-corrected chi connectivity index (χ2v) is 4.40. The summed E-state index contributed by atoms with van der Waals surface area (Å²) in [7, 11) is 0. The van der Waals surface area contributed by atoms with Crippen LogP contribution in [0.2, 0.25) is 0 Å². The molecule has 2 rings (SSSR count). The molecule has 1 atom stereocenters. The van der Waals surface area contributed by atoms with E-state index in [0.29, 0.717) is 13.1 Å². The lowest BCUT2D eigenvalue weighted by Crippen LogP contribution is -2.56. The predicted molar refractivity (Wildman–Crippen MR) is 66.0 cm³/mol. The first-order valence-electron chi connectivity index (χ1n) is 5.93. The maximum atomic E-state index is 12.1. The first-order valence-corrected chi connectivity index (χ1v) is 5.93. The van der Waals surface area contributed by atoms with E-state index in [1.54, 1.807) is 36.1 Å². The van der Waals surface area contributed by atoms with Crippen LogP contribution in [-0.2, 0) is 16.0 Å². The second-order valence-electron chi connectivity index (χ2n) is 4.40. The zero-order chi connectivity index (χ0) is 13.1. The molecule has 1 saturated heterocycles. The van der Waals surface area contributed by atoms with Crippen LogP contribution in [-0.4, -0.2) is 41.0 Å². The topological polar surface area (TPSA) is 69.6 Å². The SMILES string of the molecule is CC1C(=O)NCCN1C(=O)Cc1ccc(O)cc1. The van der Waals surface area contributed by atoms with Gasteiger partial charge in [-0.2, -0.15) is 0 Å². The number of nitrogens with one attached hydrogen (secondary N) is 1. The Balaban J connectivity index is 2.03. The summed E-state index contributed by atoms with van der Waals surface area (Å²) in [6, 6.07) is 6.11. The van der Waals surface area contributed by atoms with Crippen molar-refractivity contribution in [3.05, 3.63) is 29.8 Å². The third-order valence-corrected chi connectivity index (χ3v) is 3.11. The first-order chi connectivity index (χ1) is 8.58. The molecule has 1 fully saturated rings. The number of rotatable bonds is 2. The van der Waals surface area contributed by atoms with Crippen LogP contribution in [0.1, 0.15) is 12.5 Å². The molecule has 96 valence electrons. The van der Waals surface area contributed by atoms with Crippen molar-refractivity contribution in [1.29, 1.82) is 0 Å². The summed E-state index contributed by atoms with van der Waals surface area (Å²) < 4.78 is 0. The highest BCUT2D eigenvalue weighted by Crippen LogP contribution is 2.12. The van der Waals surface area contributed by atoms with Crippen LogP contribution in [0.15, 0.2) is 24.3 Å². The molecule has 1 aliphatic rings. The average molecular weight is 248 g/mol. The van der Waals surface area contributed by atoms with Gasteiger partial charge in [-0.15, -0.1) is 0 Å². The van der Waals surface area contributed by atoms with Gasteiger partial charge >= 0.3 is 0 Å². The normalized spacial score (nSPS) is 19.5. The van der Waals surface area contributed by atoms with Crippen molar-refractivity contribution >= 4 is 11.8 Å². The first kappa shape index (κ1) is 12.4. The molecule has 1 unspecified atom stereocenters. The number of phenolic OH excluding ortho intramolecular Hbond substituents is 1. The van der Waals surface area contributed by atoms with E-state index in [1.165, 1.54) is 0 Å². The van der Waals surface area contributed by atoms with Gasteiger partial charge in [0.2, 0.25) is 11.8 Å². The number of benzene rings is 1. The van der Waals surface area contributed by atoms with E-state index in [9.17, 15) is 9.59 Å². The van der Waals surface area contributed by atoms with Crippen LogP contribution in [0.3, 0.4) is 0 Å². The van der Waals surface area contributed by atoms with Crippen molar-refractivity contribution in [2.45, 2.75) is 19.4 Å². The molecule has 1 heterocycles. The summed E-state index contributed by atoms with van der Waals surface area (Å²) in [6.45, 7) is 2.78. The summed E-state index contributed by atoms with van der Waals surface area (Å²) in [5.74, 6) is 0.000244. The van der Waals surface area contributed by atoms with E-state index in [1.807, 2.05) is 0 Å². The molecule has 1 aromatic carbocycles. The molecule has 0 aromatic heterocycles. The quantitative estimate of drug-likeness (QED) is 0.790. The molecule has 5 heteroatoms. The molecule has 2 N–H and O–H groups in total. The second kappa shape index (κ2) is 5.08. The number of hydrogen-bond donors (Lipinski definition) is 2. The lowest BCUT2D eigenvalue weighted by molar-refractivity contribution is -0.142. The van der Waals surface area contributed by atoms with Crippen LogP contribution >= 0.6 is 0 Å².